The standard InChI is InChI=1S/C17H19N3O2S2/c1-2-12-3-5-13(6-4-12)14-11-24-16(18-14)19-15(21)7-8-20-9-10-23-17(20)22/h3-6,11H,2,7-10H2,1H3,(H,18,19,21). The number of benzene rings is 1. The molecule has 1 saturated heterocycles. The molecule has 1 aromatic carbocycles. The molecule has 5 nitrogen and oxygen atoms in total. The first-order valence-electron chi connectivity index (χ1n) is 7.92. The van der Waals surface area contributed by atoms with Crippen molar-refractivity contribution in [1.29, 1.82) is 0 Å². The fourth-order valence-electron chi connectivity index (χ4n) is 2.42. The molecule has 1 aromatic heterocycles. The first-order chi connectivity index (χ1) is 11.7. The molecule has 0 aliphatic carbocycles. The molecule has 2 aromatic rings. The second kappa shape index (κ2) is 7.81. The number of thiazole rings is 1. The Balaban J connectivity index is 1.55. The highest BCUT2D eigenvalue weighted by Crippen LogP contribution is 2.25. The van der Waals surface area contributed by atoms with Crippen LogP contribution in [-0.2, 0) is 11.2 Å². The molecule has 1 aliphatic heterocycles. The van der Waals surface area contributed by atoms with Gasteiger partial charge in [0.05, 0.1) is 5.69 Å². The number of carbonyl (C=O) groups excluding carboxylic acids is 2. The predicted octanol–water partition coefficient (Wildman–Crippen LogP) is 3.87. The zero-order valence-corrected chi connectivity index (χ0v) is 15.1. The third kappa shape index (κ3) is 4.15. The van der Waals surface area contributed by atoms with E-state index in [0.717, 1.165) is 30.0 Å². The van der Waals surface area contributed by atoms with Gasteiger partial charge in [0.15, 0.2) is 5.13 Å². The van der Waals surface area contributed by atoms with E-state index in [4.69, 9.17) is 0 Å². The molecule has 2 heterocycles. The van der Waals surface area contributed by atoms with E-state index >= 15 is 0 Å². The zero-order valence-electron chi connectivity index (χ0n) is 13.4. The van der Waals surface area contributed by atoms with Crippen LogP contribution in [0.15, 0.2) is 29.6 Å². The molecule has 0 saturated carbocycles. The minimum atomic E-state index is -0.109. The minimum Gasteiger partial charge on any atom is -0.332 e. The summed E-state index contributed by atoms with van der Waals surface area (Å²) in [5.74, 6) is 0.703. The SMILES string of the molecule is CCc1ccc(-c2csc(NC(=O)CCN3CCSC3=O)n2)cc1. The first kappa shape index (κ1) is 17.0. The number of nitrogens with one attached hydrogen (secondary N) is 1. The summed E-state index contributed by atoms with van der Waals surface area (Å²) < 4.78 is 0. The molecule has 7 heteroatoms. The van der Waals surface area contributed by atoms with E-state index in [1.807, 2.05) is 5.38 Å². The van der Waals surface area contributed by atoms with E-state index in [1.165, 1.54) is 28.7 Å². The lowest BCUT2D eigenvalue weighted by atomic mass is 10.1. The zero-order chi connectivity index (χ0) is 16.9. The van der Waals surface area contributed by atoms with Crippen molar-refractivity contribution in [3.63, 3.8) is 0 Å². The molecule has 0 spiro atoms. The van der Waals surface area contributed by atoms with E-state index < -0.39 is 0 Å². The summed E-state index contributed by atoms with van der Waals surface area (Å²) in [6.45, 7) is 3.32. The number of thioether (sulfide) groups is 1. The highest BCUT2D eigenvalue weighted by Gasteiger charge is 2.21. The minimum absolute atomic E-state index is 0.0647. The van der Waals surface area contributed by atoms with Crippen molar-refractivity contribution in [2.75, 3.05) is 24.2 Å². The second-order valence-corrected chi connectivity index (χ2v) is 7.39. The summed E-state index contributed by atoms with van der Waals surface area (Å²) in [7, 11) is 0. The normalized spacial score (nSPS) is 14.2. The number of aromatic nitrogens is 1. The Morgan fingerprint density at radius 3 is 2.79 bits per heavy atom. The summed E-state index contributed by atoms with van der Waals surface area (Å²) in [6.07, 6.45) is 1.31. The number of hydrogen-bond acceptors (Lipinski definition) is 5. The Kier molecular flexibility index (Phi) is 5.52. The van der Waals surface area contributed by atoms with E-state index in [2.05, 4.69) is 41.5 Å². The Morgan fingerprint density at radius 2 is 2.12 bits per heavy atom. The van der Waals surface area contributed by atoms with Gasteiger partial charge in [0.2, 0.25) is 5.91 Å². The van der Waals surface area contributed by atoms with Gasteiger partial charge in [-0.25, -0.2) is 4.98 Å². The molecule has 3 rings (SSSR count). The van der Waals surface area contributed by atoms with Crippen LogP contribution < -0.4 is 5.32 Å². The largest absolute Gasteiger partial charge is 0.332 e. The van der Waals surface area contributed by atoms with Crippen LogP contribution in [0.2, 0.25) is 0 Å². The maximum Gasteiger partial charge on any atom is 0.281 e. The molecular weight excluding hydrogens is 342 g/mol. The summed E-state index contributed by atoms with van der Waals surface area (Å²) in [4.78, 5) is 29.7. The molecule has 1 aliphatic rings. The van der Waals surface area contributed by atoms with Gasteiger partial charge in [-0.2, -0.15) is 0 Å². The average molecular weight is 361 g/mol. The van der Waals surface area contributed by atoms with Crippen molar-refractivity contribution >= 4 is 39.4 Å². The highest BCUT2D eigenvalue weighted by atomic mass is 32.2. The molecule has 1 N–H and O–H groups in total. The number of nitrogens with zero attached hydrogens (tertiary/aromatic N) is 2. The summed E-state index contributed by atoms with van der Waals surface area (Å²) in [5.41, 5.74) is 3.20. The Labute approximate surface area is 149 Å². The van der Waals surface area contributed by atoms with Crippen LogP contribution in [0.5, 0.6) is 0 Å². The van der Waals surface area contributed by atoms with Crippen molar-refractivity contribution < 1.29 is 9.59 Å². The van der Waals surface area contributed by atoms with E-state index in [1.54, 1.807) is 4.90 Å². The van der Waals surface area contributed by atoms with Gasteiger partial charge in [0.1, 0.15) is 0 Å². The summed E-state index contributed by atoms with van der Waals surface area (Å²) in [6, 6.07) is 8.29. The van der Waals surface area contributed by atoms with E-state index in [9.17, 15) is 9.59 Å². The van der Waals surface area contributed by atoms with E-state index in [0.29, 0.717) is 18.1 Å². The number of aryl methyl sites for hydroxylation is 1. The van der Waals surface area contributed by atoms with Gasteiger partial charge in [-0.3, -0.25) is 9.59 Å². The lowest BCUT2D eigenvalue weighted by molar-refractivity contribution is -0.116. The number of carbonyl (C=O) groups is 2. The third-order valence-electron chi connectivity index (χ3n) is 3.86. The third-order valence-corrected chi connectivity index (χ3v) is 5.51. The summed E-state index contributed by atoms with van der Waals surface area (Å²) >= 11 is 2.72. The molecule has 0 unspecified atom stereocenters. The summed E-state index contributed by atoms with van der Waals surface area (Å²) in [5, 5.41) is 5.42. The molecular formula is C17H19N3O2S2. The van der Waals surface area contributed by atoms with Gasteiger partial charge in [-0.1, -0.05) is 43.0 Å². The van der Waals surface area contributed by atoms with Crippen molar-refractivity contribution in [2.24, 2.45) is 0 Å². The molecule has 0 atom stereocenters. The van der Waals surface area contributed by atoms with Crippen LogP contribution in [0, 0.1) is 0 Å². The molecule has 126 valence electrons. The fraction of sp³-hybridized carbons (Fsp3) is 0.353. The smallest absolute Gasteiger partial charge is 0.281 e. The Hall–Kier alpha value is -1.86. The van der Waals surface area contributed by atoms with Crippen LogP contribution in [0.25, 0.3) is 11.3 Å². The first-order valence-corrected chi connectivity index (χ1v) is 9.78. The maximum absolute atomic E-state index is 12.0. The quantitative estimate of drug-likeness (QED) is 0.848. The lowest BCUT2D eigenvalue weighted by Crippen LogP contribution is -2.27. The van der Waals surface area contributed by atoms with Crippen molar-refractivity contribution in [2.45, 2.75) is 19.8 Å². The van der Waals surface area contributed by atoms with Crippen molar-refractivity contribution in [3.8, 4) is 11.3 Å². The molecule has 1 fully saturated rings. The van der Waals surface area contributed by atoms with Crippen molar-refractivity contribution in [1.82, 2.24) is 9.88 Å². The predicted molar refractivity (Wildman–Crippen MR) is 99.6 cm³/mol. The number of amides is 2. The van der Waals surface area contributed by atoms with Crippen LogP contribution in [0.1, 0.15) is 18.9 Å². The molecule has 2 amide bonds. The number of anilines is 1. The van der Waals surface area contributed by atoms with Gasteiger partial charge >= 0.3 is 0 Å². The van der Waals surface area contributed by atoms with Gasteiger partial charge in [-0.15, -0.1) is 11.3 Å². The number of rotatable bonds is 6. The molecule has 0 radical (unpaired) electrons. The van der Waals surface area contributed by atoms with Crippen LogP contribution in [0.3, 0.4) is 0 Å². The lowest BCUT2D eigenvalue weighted by Gasteiger charge is -2.13. The van der Waals surface area contributed by atoms with Gasteiger partial charge < -0.3 is 10.2 Å². The monoisotopic (exact) mass is 361 g/mol. The fourth-order valence-corrected chi connectivity index (χ4v) is 4.01. The van der Waals surface area contributed by atoms with Crippen LogP contribution in [-0.4, -0.2) is 39.9 Å². The maximum atomic E-state index is 12.0. The van der Waals surface area contributed by atoms with Crippen LogP contribution >= 0.6 is 23.1 Å². The van der Waals surface area contributed by atoms with Crippen molar-refractivity contribution in [3.05, 3.63) is 35.2 Å². The van der Waals surface area contributed by atoms with Gasteiger partial charge in [0, 0.05) is 36.2 Å². The van der Waals surface area contributed by atoms with Gasteiger partial charge in [-0.05, 0) is 12.0 Å². The Morgan fingerprint density at radius 1 is 1.33 bits per heavy atom. The highest BCUT2D eigenvalue weighted by molar-refractivity contribution is 8.13. The van der Waals surface area contributed by atoms with E-state index in [-0.39, 0.29) is 11.1 Å². The molecule has 24 heavy (non-hydrogen) atoms. The second-order valence-electron chi connectivity index (χ2n) is 5.49. The average Bonchev–Trinajstić information content (AvgIpc) is 3.22. The topological polar surface area (TPSA) is 62.3 Å². The van der Waals surface area contributed by atoms with Crippen LogP contribution in [0.4, 0.5) is 9.93 Å². The Bertz CT molecular complexity index is 728. The number of hydrogen-bond donors (Lipinski definition) is 1. The van der Waals surface area contributed by atoms with Gasteiger partial charge in [0.25, 0.3) is 5.24 Å². The molecule has 0 bridgehead atoms.